The molecule has 9 heteroatoms. The summed E-state index contributed by atoms with van der Waals surface area (Å²) in [5, 5.41) is 0.452. The second-order valence-corrected chi connectivity index (χ2v) is 4.56. The summed E-state index contributed by atoms with van der Waals surface area (Å²) in [6, 6.07) is 0. The first-order valence-electron chi connectivity index (χ1n) is 5.85. The smallest absolute Gasteiger partial charge is 0.347 e. The van der Waals surface area contributed by atoms with Crippen LogP contribution in [-0.4, -0.2) is 26.9 Å². The second-order valence-electron chi connectivity index (χ2n) is 3.84. The van der Waals surface area contributed by atoms with Gasteiger partial charge in [0.1, 0.15) is 12.0 Å². The van der Waals surface area contributed by atoms with Gasteiger partial charge in [0.15, 0.2) is 5.03 Å². The molecule has 0 unspecified atom stereocenters. The molecule has 0 saturated heterocycles. The lowest BCUT2D eigenvalue weighted by Gasteiger charge is -2.00. The van der Waals surface area contributed by atoms with Crippen molar-refractivity contribution in [1.29, 1.82) is 0 Å². The van der Waals surface area contributed by atoms with Crippen LogP contribution in [-0.2, 0) is 20.2 Å². The number of aromatic nitrogens is 4. The summed E-state index contributed by atoms with van der Waals surface area (Å²) in [5.74, 6) is -0.353. The van der Waals surface area contributed by atoms with Crippen molar-refractivity contribution in [2.24, 2.45) is 0 Å². The molecule has 2 aromatic heterocycles. The van der Waals surface area contributed by atoms with Gasteiger partial charge in [0.05, 0.1) is 0 Å². The lowest BCUT2D eigenvalue weighted by atomic mass is 10.4. The maximum absolute atomic E-state index is 11.0. The van der Waals surface area contributed by atoms with E-state index in [-0.39, 0.29) is 0 Å². The molecule has 2 heterocycles. The number of nitrogens with zero attached hydrogens (tertiary/aromatic N) is 3. The second kappa shape index (κ2) is 5.87. The van der Waals surface area contributed by atoms with Crippen LogP contribution in [0.3, 0.4) is 0 Å². The standard InChI is InChI=1S/C11H12N4O4S/c1-4-8-13-10-9(11(14-8)20-19-7(3)17)12-5-15(10)18-6(2)16/h5H,4H2,1-3H3/p+1. The molecular formula is C11H13N4O4S+. The molecule has 0 radical (unpaired) electrons. The van der Waals surface area contributed by atoms with Crippen LogP contribution in [0.15, 0.2) is 11.4 Å². The minimum atomic E-state index is -0.471. The van der Waals surface area contributed by atoms with Crippen molar-refractivity contribution in [2.45, 2.75) is 32.2 Å². The van der Waals surface area contributed by atoms with Crippen LogP contribution < -0.4 is 9.57 Å². The zero-order chi connectivity index (χ0) is 14.7. The molecule has 0 saturated carbocycles. The number of nitrogens with one attached hydrogen (secondary N) is 1. The lowest BCUT2D eigenvalue weighted by molar-refractivity contribution is -0.849. The Labute approximate surface area is 118 Å². The van der Waals surface area contributed by atoms with Gasteiger partial charge in [0.25, 0.3) is 0 Å². The molecule has 20 heavy (non-hydrogen) atoms. The quantitative estimate of drug-likeness (QED) is 0.494. The minimum Gasteiger partial charge on any atom is -0.384 e. The van der Waals surface area contributed by atoms with E-state index in [0.29, 0.717) is 28.4 Å². The molecule has 0 aliphatic rings. The third kappa shape index (κ3) is 3.05. The van der Waals surface area contributed by atoms with Gasteiger partial charge in [0.2, 0.25) is 17.7 Å². The molecule has 0 aromatic carbocycles. The molecule has 106 valence electrons. The zero-order valence-electron chi connectivity index (χ0n) is 11.2. The van der Waals surface area contributed by atoms with Crippen molar-refractivity contribution in [3.8, 4) is 0 Å². The minimum absolute atomic E-state index is 0.404. The van der Waals surface area contributed by atoms with E-state index in [2.05, 4.69) is 15.0 Å². The molecule has 0 spiro atoms. The fourth-order valence-electron chi connectivity index (χ4n) is 1.47. The molecule has 8 nitrogen and oxygen atoms in total. The van der Waals surface area contributed by atoms with Gasteiger partial charge in [0, 0.05) is 20.3 Å². The van der Waals surface area contributed by atoms with E-state index >= 15 is 0 Å². The summed E-state index contributed by atoms with van der Waals surface area (Å²) in [7, 11) is 0. The van der Waals surface area contributed by atoms with Crippen LogP contribution in [0.4, 0.5) is 0 Å². The molecule has 0 aliphatic heterocycles. The summed E-state index contributed by atoms with van der Waals surface area (Å²) < 4.78 is 6.09. The predicted molar refractivity (Wildman–Crippen MR) is 68.3 cm³/mol. The van der Waals surface area contributed by atoms with Gasteiger partial charge < -0.3 is 4.18 Å². The Morgan fingerprint density at radius 2 is 2.10 bits per heavy atom. The lowest BCUT2D eigenvalue weighted by Crippen LogP contribution is -2.44. The van der Waals surface area contributed by atoms with Crippen LogP contribution in [0.1, 0.15) is 26.6 Å². The number of fused-ring (bicyclic) bond motifs is 1. The third-order valence-electron chi connectivity index (χ3n) is 2.22. The number of aromatic amines is 1. The molecule has 0 atom stereocenters. The number of H-pyrrole nitrogens is 1. The largest absolute Gasteiger partial charge is 0.384 e. The molecule has 1 N–H and O–H groups in total. The Morgan fingerprint density at radius 3 is 2.70 bits per heavy atom. The Bertz CT molecular complexity index is 670. The Morgan fingerprint density at radius 1 is 1.35 bits per heavy atom. The van der Waals surface area contributed by atoms with Crippen LogP contribution in [0.25, 0.3) is 11.2 Å². The Hall–Kier alpha value is -2.16. The highest BCUT2D eigenvalue weighted by Gasteiger charge is 2.22. The fraction of sp³-hybridized carbons (Fsp3) is 0.364. The molecule has 0 aliphatic carbocycles. The van der Waals surface area contributed by atoms with Gasteiger partial charge >= 0.3 is 17.6 Å². The molecule has 0 fully saturated rings. The highest BCUT2D eigenvalue weighted by atomic mass is 32.2. The van der Waals surface area contributed by atoms with Gasteiger partial charge in [-0.25, -0.2) is 9.78 Å². The Balaban J connectivity index is 2.48. The first-order valence-corrected chi connectivity index (χ1v) is 6.59. The predicted octanol–water partition coefficient (Wildman–Crippen LogP) is 0.353. The summed E-state index contributed by atoms with van der Waals surface area (Å²) in [4.78, 5) is 38.4. The molecule has 0 amide bonds. The van der Waals surface area contributed by atoms with Crippen molar-refractivity contribution in [3.63, 3.8) is 0 Å². The number of rotatable bonds is 4. The average Bonchev–Trinajstić information content (AvgIpc) is 2.78. The van der Waals surface area contributed by atoms with Crippen LogP contribution in [0.5, 0.6) is 0 Å². The number of carbonyl (C=O) groups is 2. The highest BCUT2D eigenvalue weighted by Crippen LogP contribution is 2.23. The normalized spacial score (nSPS) is 10.6. The van der Waals surface area contributed by atoms with Crippen molar-refractivity contribution < 1.29 is 23.3 Å². The summed E-state index contributed by atoms with van der Waals surface area (Å²) in [6.07, 6.45) is 2.03. The van der Waals surface area contributed by atoms with E-state index in [9.17, 15) is 9.59 Å². The number of imidazole rings is 1. The number of aryl methyl sites for hydroxylation is 1. The summed E-state index contributed by atoms with van der Waals surface area (Å²) in [6.45, 7) is 4.49. The van der Waals surface area contributed by atoms with Crippen molar-refractivity contribution in [2.75, 3.05) is 0 Å². The SMILES string of the molecule is CCc1nc(SOC(C)=O)c2[nH]c[n+](OC(C)=O)c2n1. The van der Waals surface area contributed by atoms with E-state index in [1.807, 2.05) is 6.92 Å². The summed E-state index contributed by atoms with van der Waals surface area (Å²) in [5.41, 5.74) is 0.927. The maximum atomic E-state index is 11.0. The van der Waals surface area contributed by atoms with Gasteiger partial charge in [-0.3, -0.25) is 14.6 Å². The number of carbonyl (C=O) groups excluding carboxylic acids is 2. The topological polar surface area (TPSA) is 98.0 Å². The first kappa shape index (κ1) is 14.3. The van der Waals surface area contributed by atoms with Crippen molar-refractivity contribution >= 4 is 35.1 Å². The molecule has 0 bridgehead atoms. The van der Waals surface area contributed by atoms with E-state index in [4.69, 9.17) is 9.02 Å². The molecule has 2 rings (SSSR count). The van der Waals surface area contributed by atoms with Gasteiger partial charge in [-0.2, -0.15) is 0 Å². The maximum Gasteiger partial charge on any atom is 0.347 e. The number of hydrogen-bond acceptors (Lipinski definition) is 7. The van der Waals surface area contributed by atoms with Crippen LogP contribution in [0.2, 0.25) is 0 Å². The van der Waals surface area contributed by atoms with E-state index in [0.717, 1.165) is 12.0 Å². The number of hydrogen-bond donors (Lipinski definition) is 1. The van der Waals surface area contributed by atoms with E-state index < -0.39 is 11.9 Å². The highest BCUT2D eigenvalue weighted by molar-refractivity contribution is 7.95. The van der Waals surface area contributed by atoms with Gasteiger partial charge in [-0.05, 0) is 4.73 Å². The summed E-state index contributed by atoms with van der Waals surface area (Å²) >= 11 is 0.834. The Kier molecular flexibility index (Phi) is 4.18. The van der Waals surface area contributed by atoms with E-state index in [1.165, 1.54) is 24.9 Å². The zero-order valence-corrected chi connectivity index (χ0v) is 12.0. The van der Waals surface area contributed by atoms with Crippen LogP contribution in [0, 0.1) is 0 Å². The average molecular weight is 297 g/mol. The van der Waals surface area contributed by atoms with Crippen molar-refractivity contribution in [3.05, 3.63) is 12.2 Å². The monoisotopic (exact) mass is 297 g/mol. The van der Waals surface area contributed by atoms with Crippen LogP contribution >= 0.6 is 12.0 Å². The van der Waals surface area contributed by atoms with Gasteiger partial charge in [-0.1, -0.05) is 11.9 Å². The first-order chi connectivity index (χ1) is 9.51. The van der Waals surface area contributed by atoms with Crippen molar-refractivity contribution in [1.82, 2.24) is 15.0 Å². The molecule has 2 aromatic rings. The fourth-order valence-corrected chi connectivity index (χ4v) is 2.04. The van der Waals surface area contributed by atoms with E-state index in [1.54, 1.807) is 0 Å². The molecular weight excluding hydrogens is 284 g/mol. The van der Waals surface area contributed by atoms with Gasteiger partial charge in [-0.15, -0.1) is 0 Å². The third-order valence-corrected chi connectivity index (χ3v) is 2.99.